The SMILES string of the molecule is CCc1c(N2CCN(C(=O)c3c(O)c4c(n(C)c3=O)CCC4)CC2)c(=O)n2nc(C3=CCOCC3)nc2n1CC(=O)Nc1ccc(C(F)(F)F)cc1Cl. The second kappa shape index (κ2) is 14.0. The molecule has 1 saturated heterocycles. The van der Waals surface area contributed by atoms with Crippen LogP contribution in [0.15, 0.2) is 33.9 Å². The van der Waals surface area contributed by atoms with E-state index in [9.17, 15) is 37.5 Å². The van der Waals surface area contributed by atoms with Gasteiger partial charge in [-0.3, -0.25) is 19.2 Å². The molecule has 0 unspecified atom stereocenters. The fraction of sp³-hybridized carbons (Fsp3) is 0.429. The molecule has 5 heterocycles. The molecule has 14 nitrogen and oxygen atoms in total. The molecule has 3 aromatic heterocycles. The van der Waals surface area contributed by atoms with Crippen molar-refractivity contribution in [1.82, 2.24) is 28.6 Å². The highest BCUT2D eigenvalue weighted by atomic mass is 35.5. The van der Waals surface area contributed by atoms with Gasteiger partial charge >= 0.3 is 6.18 Å². The van der Waals surface area contributed by atoms with Crippen LogP contribution in [0, 0.1) is 0 Å². The molecule has 1 aromatic carbocycles. The number of amides is 2. The van der Waals surface area contributed by atoms with Gasteiger partial charge in [0.25, 0.3) is 17.0 Å². The quantitative estimate of drug-likeness (QED) is 0.289. The number of nitrogens with zero attached hydrogens (tertiary/aromatic N) is 7. The summed E-state index contributed by atoms with van der Waals surface area (Å²) in [6, 6.07) is 2.61. The molecule has 4 aromatic rings. The van der Waals surface area contributed by atoms with E-state index in [1.165, 1.54) is 9.47 Å². The van der Waals surface area contributed by atoms with Gasteiger partial charge in [-0.05, 0) is 55.9 Å². The summed E-state index contributed by atoms with van der Waals surface area (Å²) in [5.41, 5.74) is 0.479. The van der Waals surface area contributed by atoms with Crippen molar-refractivity contribution in [1.29, 1.82) is 0 Å². The van der Waals surface area contributed by atoms with Crippen LogP contribution in [0.5, 0.6) is 5.75 Å². The molecule has 53 heavy (non-hydrogen) atoms. The number of nitrogens with one attached hydrogen (secondary N) is 1. The Morgan fingerprint density at radius 1 is 1.08 bits per heavy atom. The molecular formula is C35H36ClF3N8O6. The largest absolute Gasteiger partial charge is 0.507 e. The number of alkyl halides is 3. The topological polar surface area (TPSA) is 156 Å². The van der Waals surface area contributed by atoms with Crippen molar-refractivity contribution in [3.8, 4) is 5.75 Å². The smallest absolute Gasteiger partial charge is 0.416 e. The minimum Gasteiger partial charge on any atom is -0.507 e. The highest BCUT2D eigenvalue weighted by Crippen LogP contribution is 2.34. The first-order valence-electron chi connectivity index (χ1n) is 17.2. The van der Waals surface area contributed by atoms with Crippen molar-refractivity contribution in [3.63, 3.8) is 0 Å². The van der Waals surface area contributed by atoms with Crippen LogP contribution >= 0.6 is 11.6 Å². The number of benzene rings is 1. The van der Waals surface area contributed by atoms with Crippen LogP contribution in [-0.4, -0.2) is 84.9 Å². The molecule has 18 heteroatoms. The predicted octanol–water partition coefficient (Wildman–Crippen LogP) is 3.42. The summed E-state index contributed by atoms with van der Waals surface area (Å²) in [6.45, 7) is 2.81. The van der Waals surface area contributed by atoms with Gasteiger partial charge in [-0.2, -0.15) is 22.7 Å². The number of carbonyl (C=O) groups is 2. The molecule has 1 aliphatic carbocycles. The molecular weight excluding hydrogens is 721 g/mol. The Balaban J connectivity index is 1.22. The zero-order chi connectivity index (χ0) is 37.8. The number of carbonyl (C=O) groups excluding carboxylic acids is 2. The predicted molar refractivity (Wildman–Crippen MR) is 189 cm³/mol. The number of aromatic nitrogens is 5. The zero-order valence-corrected chi connectivity index (χ0v) is 29.7. The number of fused-ring (bicyclic) bond motifs is 2. The Hall–Kier alpha value is -5.16. The third kappa shape index (κ3) is 6.56. The molecule has 1 fully saturated rings. The number of hydrogen-bond acceptors (Lipinski definition) is 9. The Morgan fingerprint density at radius 2 is 1.83 bits per heavy atom. The third-order valence-corrected chi connectivity index (χ3v) is 10.3. The van der Waals surface area contributed by atoms with Gasteiger partial charge in [0.2, 0.25) is 11.7 Å². The normalized spacial score (nSPS) is 16.2. The van der Waals surface area contributed by atoms with Gasteiger partial charge in [0.1, 0.15) is 23.5 Å². The average molecular weight is 757 g/mol. The van der Waals surface area contributed by atoms with Gasteiger partial charge < -0.3 is 34.1 Å². The number of halogens is 4. The number of piperazine rings is 1. The van der Waals surface area contributed by atoms with E-state index in [0.29, 0.717) is 43.7 Å². The molecule has 2 amide bonds. The van der Waals surface area contributed by atoms with E-state index in [4.69, 9.17) is 16.3 Å². The number of hydrogen-bond donors (Lipinski definition) is 2. The van der Waals surface area contributed by atoms with Crippen molar-refractivity contribution in [2.45, 2.75) is 51.7 Å². The van der Waals surface area contributed by atoms with E-state index in [2.05, 4.69) is 15.4 Å². The Bertz CT molecular complexity index is 2310. The van der Waals surface area contributed by atoms with Gasteiger partial charge in [-0.1, -0.05) is 24.6 Å². The summed E-state index contributed by atoms with van der Waals surface area (Å²) in [7, 11) is 1.60. The Kier molecular flexibility index (Phi) is 9.57. The number of ether oxygens (including phenoxy) is 1. The standard InChI is InChI=1S/C35H36ClF3N8O6/c1-3-24-28(44-11-13-45(14-12-44)32(51)27-29(49)21-5-4-6-25(21)43(2)31(27)50)33(52)47-34(41-30(42-47)19-9-15-53-16-10-19)46(24)18-26(48)40-23-8-7-20(17-22(23)36)35(37,38)39/h7-9,17,49H,3-6,10-16,18H2,1-2H3,(H,40,48). The summed E-state index contributed by atoms with van der Waals surface area (Å²) < 4.78 is 49.2. The highest BCUT2D eigenvalue weighted by Gasteiger charge is 2.34. The zero-order valence-electron chi connectivity index (χ0n) is 28.9. The minimum atomic E-state index is -4.62. The first kappa shape index (κ1) is 36.2. The number of rotatable bonds is 7. The van der Waals surface area contributed by atoms with Crippen molar-refractivity contribution >= 4 is 46.1 Å². The molecule has 280 valence electrons. The van der Waals surface area contributed by atoms with E-state index in [-0.39, 0.29) is 71.9 Å². The molecule has 0 atom stereocenters. The average Bonchev–Trinajstić information content (AvgIpc) is 3.82. The van der Waals surface area contributed by atoms with Crippen LogP contribution < -0.4 is 21.3 Å². The first-order valence-corrected chi connectivity index (χ1v) is 17.6. The second-order valence-corrected chi connectivity index (χ2v) is 13.5. The molecule has 0 bridgehead atoms. The summed E-state index contributed by atoms with van der Waals surface area (Å²) in [6.07, 6.45) is -0.0367. The van der Waals surface area contributed by atoms with Crippen molar-refractivity contribution in [2.24, 2.45) is 7.05 Å². The third-order valence-electron chi connectivity index (χ3n) is 10.0. The molecule has 0 saturated carbocycles. The van der Waals surface area contributed by atoms with Crippen LogP contribution in [0.4, 0.5) is 24.5 Å². The Labute approximate surface area is 305 Å². The lowest BCUT2D eigenvalue weighted by molar-refractivity contribution is -0.137. The number of pyridine rings is 1. The Morgan fingerprint density at radius 3 is 2.49 bits per heavy atom. The van der Waals surface area contributed by atoms with Gasteiger partial charge in [0.15, 0.2) is 5.82 Å². The molecule has 2 N–H and O–H groups in total. The van der Waals surface area contributed by atoms with Crippen LogP contribution in [0.25, 0.3) is 11.4 Å². The van der Waals surface area contributed by atoms with Crippen molar-refractivity contribution in [3.05, 3.63) is 83.9 Å². The molecule has 3 aliphatic rings. The van der Waals surface area contributed by atoms with Gasteiger partial charge in [0, 0.05) is 44.5 Å². The van der Waals surface area contributed by atoms with E-state index in [1.807, 2.05) is 6.08 Å². The minimum absolute atomic E-state index is 0.0282. The summed E-state index contributed by atoms with van der Waals surface area (Å²) in [4.78, 5) is 62.6. The highest BCUT2D eigenvalue weighted by molar-refractivity contribution is 6.33. The van der Waals surface area contributed by atoms with E-state index in [1.54, 1.807) is 23.4 Å². The van der Waals surface area contributed by atoms with E-state index >= 15 is 0 Å². The fourth-order valence-electron chi connectivity index (χ4n) is 7.30. The number of aromatic hydroxyl groups is 1. The monoisotopic (exact) mass is 756 g/mol. The molecule has 0 spiro atoms. The van der Waals surface area contributed by atoms with Crippen molar-refractivity contribution in [2.75, 3.05) is 49.6 Å². The second-order valence-electron chi connectivity index (χ2n) is 13.1. The van der Waals surface area contributed by atoms with Gasteiger partial charge in [-0.25, -0.2) is 0 Å². The maximum atomic E-state index is 14.3. The maximum absolute atomic E-state index is 14.3. The van der Waals surface area contributed by atoms with Crippen LogP contribution in [0.1, 0.15) is 58.5 Å². The number of anilines is 2. The summed E-state index contributed by atoms with van der Waals surface area (Å²) in [5.74, 6) is -1.13. The lowest BCUT2D eigenvalue weighted by Crippen LogP contribution is -2.51. The lowest BCUT2D eigenvalue weighted by atomic mass is 10.1. The van der Waals surface area contributed by atoms with Crippen molar-refractivity contribution < 1.29 is 32.6 Å². The van der Waals surface area contributed by atoms with Gasteiger partial charge in [-0.15, -0.1) is 5.10 Å². The lowest BCUT2D eigenvalue weighted by Gasteiger charge is -2.37. The van der Waals surface area contributed by atoms with Crippen LogP contribution in [0.3, 0.4) is 0 Å². The first-order chi connectivity index (χ1) is 25.3. The van der Waals surface area contributed by atoms with Crippen LogP contribution in [0.2, 0.25) is 5.02 Å². The molecule has 0 radical (unpaired) electrons. The summed E-state index contributed by atoms with van der Waals surface area (Å²) >= 11 is 6.12. The van der Waals surface area contributed by atoms with E-state index < -0.39 is 41.2 Å². The maximum Gasteiger partial charge on any atom is 0.416 e. The molecule has 2 aliphatic heterocycles. The fourth-order valence-corrected chi connectivity index (χ4v) is 7.53. The van der Waals surface area contributed by atoms with Gasteiger partial charge in [0.05, 0.1) is 35.2 Å². The van der Waals surface area contributed by atoms with E-state index in [0.717, 1.165) is 40.4 Å². The van der Waals surface area contributed by atoms with Crippen LogP contribution in [-0.2, 0) is 48.6 Å². The molecule has 7 rings (SSSR count). The summed E-state index contributed by atoms with van der Waals surface area (Å²) in [5, 5.41) is 17.8.